The molecule has 1 aromatic carbocycles. The lowest BCUT2D eigenvalue weighted by Gasteiger charge is -2.06. The van der Waals surface area contributed by atoms with Crippen LogP contribution in [0.3, 0.4) is 0 Å². The molecule has 0 aliphatic heterocycles. The summed E-state index contributed by atoms with van der Waals surface area (Å²) in [6, 6.07) is 10.5. The number of halogens is 1. The molecule has 0 unspecified atom stereocenters. The second-order valence-electron chi connectivity index (χ2n) is 5.10. The van der Waals surface area contributed by atoms with Gasteiger partial charge in [-0.1, -0.05) is 19.9 Å². The van der Waals surface area contributed by atoms with Crippen molar-refractivity contribution in [3.63, 3.8) is 0 Å². The van der Waals surface area contributed by atoms with Crippen LogP contribution in [0.25, 0.3) is 0 Å². The average molecular weight is 385 g/mol. The van der Waals surface area contributed by atoms with E-state index in [2.05, 4.69) is 48.7 Å². The standard InChI is InChI=1S/C16H20INO2/c1-11(2)18-9-16-12(3)7-15(20-16)10-19-14-6-4-5-13(17)8-14/h4-8,11,18H,9-10H2,1-3H3. The molecule has 3 nitrogen and oxygen atoms in total. The molecule has 0 amide bonds. The van der Waals surface area contributed by atoms with Crippen LogP contribution in [0.15, 0.2) is 34.7 Å². The smallest absolute Gasteiger partial charge is 0.146 e. The number of hydrogen-bond donors (Lipinski definition) is 1. The molecule has 1 heterocycles. The molecule has 1 N–H and O–H groups in total. The number of nitrogens with one attached hydrogen (secondary N) is 1. The van der Waals surface area contributed by atoms with E-state index in [-0.39, 0.29) is 0 Å². The van der Waals surface area contributed by atoms with Crippen molar-refractivity contribution in [2.24, 2.45) is 0 Å². The van der Waals surface area contributed by atoms with Gasteiger partial charge >= 0.3 is 0 Å². The number of aryl methyl sites for hydroxylation is 1. The lowest BCUT2D eigenvalue weighted by molar-refractivity contribution is 0.264. The second kappa shape index (κ2) is 7.13. The van der Waals surface area contributed by atoms with Gasteiger partial charge in [0.05, 0.1) is 6.54 Å². The van der Waals surface area contributed by atoms with Gasteiger partial charge in [-0.15, -0.1) is 0 Å². The van der Waals surface area contributed by atoms with Gasteiger partial charge in [0, 0.05) is 9.61 Å². The van der Waals surface area contributed by atoms with Crippen LogP contribution in [0, 0.1) is 10.5 Å². The van der Waals surface area contributed by atoms with Crippen LogP contribution in [0.4, 0.5) is 0 Å². The Kier molecular flexibility index (Phi) is 5.48. The Morgan fingerprint density at radius 3 is 2.80 bits per heavy atom. The van der Waals surface area contributed by atoms with Crippen LogP contribution in [0.2, 0.25) is 0 Å². The molecule has 0 bridgehead atoms. The molecular formula is C16H20INO2. The highest BCUT2D eigenvalue weighted by atomic mass is 127. The monoisotopic (exact) mass is 385 g/mol. The first-order valence-corrected chi connectivity index (χ1v) is 7.82. The Hall–Kier alpha value is -1.01. The Morgan fingerprint density at radius 2 is 2.10 bits per heavy atom. The van der Waals surface area contributed by atoms with Crippen LogP contribution in [-0.4, -0.2) is 6.04 Å². The maximum atomic E-state index is 5.83. The fourth-order valence-corrected chi connectivity index (χ4v) is 2.36. The normalized spacial score (nSPS) is 11.1. The van der Waals surface area contributed by atoms with Crippen LogP contribution in [0.1, 0.15) is 30.9 Å². The summed E-state index contributed by atoms with van der Waals surface area (Å²) in [5.41, 5.74) is 1.17. The van der Waals surface area contributed by atoms with Gasteiger partial charge in [0.2, 0.25) is 0 Å². The van der Waals surface area contributed by atoms with Crippen molar-refractivity contribution in [2.75, 3.05) is 0 Å². The predicted molar refractivity (Wildman–Crippen MR) is 88.9 cm³/mol. The van der Waals surface area contributed by atoms with E-state index in [1.807, 2.05) is 30.3 Å². The first-order valence-electron chi connectivity index (χ1n) is 6.74. The molecule has 0 saturated heterocycles. The number of benzene rings is 1. The lowest BCUT2D eigenvalue weighted by Crippen LogP contribution is -2.21. The molecule has 0 fully saturated rings. The molecule has 1 aromatic heterocycles. The van der Waals surface area contributed by atoms with Gasteiger partial charge in [-0.05, 0) is 59.3 Å². The first kappa shape index (κ1) is 15.4. The first-order chi connectivity index (χ1) is 9.54. The third-order valence-electron chi connectivity index (χ3n) is 2.92. The maximum absolute atomic E-state index is 5.83. The molecule has 0 atom stereocenters. The summed E-state index contributed by atoms with van der Waals surface area (Å²) in [6.07, 6.45) is 0. The number of hydrogen-bond acceptors (Lipinski definition) is 3. The van der Waals surface area contributed by atoms with E-state index in [1.54, 1.807) is 0 Å². The van der Waals surface area contributed by atoms with Crippen molar-refractivity contribution in [3.05, 3.63) is 51.0 Å². The van der Waals surface area contributed by atoms with Crippen molar-refractivity contribution in [1.82, 2.24) is 5.32 Å². The van der Waals surface area contributed by atoms with Gasteiger partial charge < -0.3 is 14.5 Å². The van der Waals surface area contributed by atoms with E-state index in [9.17, 15) is 0 Å². The topological polar surface area (TPSA) is 34.4 Å². The SMILES string of the molecule is Cc1cc(COc2cccc(I)c2)oc1CNC(C)C. The highest BCUT2D eigenvalue weighted by Crippen LogP contribution is 2.19. The maximum Gasteiger partial charge on any atom is 0.146 e. The van der Waals surface area contributed by atoms with E-state index >= 15 is 0 Å². The Labute approximate surface area is 133 Å². The molecule has 0 aliphatic rings. The quantitative estimate of drug-likeness (QED) is 0.755. The van der Waals surface area contributed by atoms with E-state index in [0.717, 1.165) is 27.4 Å². The van der Waals surface area contributed by atoms with Gasteiger partial charge in [-0.3, -0.25) is 0 Å². The van der Waals surface area contributed by atoms with Crippen molar-refractivity contribution >= 4 is 22.6 Å². The van der Waals surface area contributed by atoms with E-state index in [0.29, 0.717) is 12.6 Å². The van der Waals surface area contributed by atoms with Gasteiger partial charge in [-0.2, -0.15) is 0 Å². The summed E-state index contributed by atoms with van der Waals surface area (Å²) in [5, 5.41) is 3.36. The molecule has 108 valence electrons. The largest absolute Gasteiger partial charge is 0.486 e. The zero-order valence-electron chi connectivity index (χ0n) is 12.1. The van der Waals surface area contributed by atoms with Crippen molar-refractivity contribution < 1.29 is 9.15 Å². The van der Waals surface area contributed by atoms with Crippen molar-refractivity contribution in [1.29, 1.82) is 0 Å². The van der Waals surface area contributed by atoms with E-state index in [4.69, 9.17) is 9.15 Å². The average Bonchev–Trinajstić information content (AvgIpc) is 2.75. The minimum Gasteiger partial charge on any atom is -0.486 e. The molecule has 0 spiro atoms. The lowest BCUT2D eigenvalue weighted by atomic mass is 10.2. The zero-order valence-corrected chi connectivity index (χ0v) is 14.2. The van der Waals surface area contributed by atoms with Crippen LogP contribution in [0.5, 0.6) is 5.75 Å². The van der Waals surface area contributed by atoms with E-state index in [1.165, 1.54) is 5.56 Å². The summed E-state index contributed by atoms with van der Waals surface area (Å²) in [7, 11) is 0. The second-order valence-corrected chi connectivity index (χ2v) is 6.35. The minimum absolute atomic E-state index is 0.450. The summed E-state index contributed by atoms with van der Waals surface area (Å²) >= 11 is 2.27. The molecule has 0 radical (unpaired) electrons. The number of furan rings is 1. The third-order valence-corrected chi connectivity index (χ3v) is 3.59. The van der Waals surface area contributed by atoms with Crippen LogP contribution < -0.4 is 10.1 Å². The summed E-state index contributed by atoms with van der Waals surface area (Å²) < 4.78 is 12.7. The number of ether oxygens (including phenoxy) is 1. The zero-order chi connectivity index (χ0) is 14.5. The third kappa shape index (κ3) is 4.52. The fourth-order valence-electron chi connectivity index (χ4n) is 1.84. The van der Waals surface area contributed by atoms with Crippen LogP contribution >= 0.6 is 22.6 Å². The van der Waals surface area contributed by atoms with Crippen molar-refractivity contribution in [2.45, 2.75) is 40.0 Å². The van der Waals surface area contributed by atoms with Crippen molar-refractivity contribution in [3.8, 4) is 5.75 Å². The van der Waals surface area contributed by atoms with Gasteiger partial charge in [-0.25, -0.2) is 0 Å². The Morgan fingerprint density at radius 1 is 1.30 bits per heavy atom. The Balaban J connectivity index is 1.95. The minimum atomic E-state index is 0.450. The molecule has 4 heteroatoms. The highest BCUT2D eigenvalue weighted by Gasteiger charge is 2.08. The fraction of sp³-hybridized carbons (Fsp3) is 0.375. The van der Waals surface area contributed by atoms with Gasteiger partial charge in [0.1, 0.15) is 23.9 Å². The molecule has 2 rings (SSSR count). The summed E-state index contributed by atoms with van der Waals surface area (Å²) in [4.78, 5) is 0. The molecular weight excluding hydrogens is 365 g/mol. The predicted octanol–water partition coefficient (Wildman–Crippen LogP) is 4.27. The Bertz CT molecular complexity index is 563. The molecule has 2 aromatic rings. The van der Waals surface area contributed by atoms with Gasteiger partial charge in [0.15, 0.2) is 0 Å². The summed E-state index contributed by atoms with van der Waals surface area (Å²) in [5.74, 6) is 2.72. The summed E-state index contributed by atoms with van der Waals surface area (Å²) in [6.45, 7) is 7.53. The molecule has 0 saturated carbocycles. The molecule has 0 aliphatic carbocycles. The molecule has 20 heavy (non-hydrogen) atoms. The van der Waals surface area contributed by atoms with Crippen LogP contribution in [-0.2, 0) is 13.2 Å². The highest BCUT2D eigenvalue weighted by molar-refractivity contribution is 14.1. The number of rotatable bonds is 6. The van der Waals surface area contributed by atoms with E-state index < -0.39 is 0 Å². The van der Waals surface area contributed by atoms with Gasteiger partial charge in [0.25, 0.3) is 0 Å².